The molecule has 0 aliphatic carbocycles. The molecule has 0 fully saturated rings. The number of hydrazine groups is 1. The molecule has 6 nitrogen and oxygen atoms in total. The molecule has 10 heteroatoms. The van der Waals surface area contributed by atoms with E-state index in [0.717, 1.165) is 0 Å². The van der Waals surface area contributed by atoms with E-state index < -0.39 is 11.8 Å². The van der Waals surface area contributed by atoms with Crippen molar-refractivity contribution in [1.29, 1.82) is 0 Å². The minimum Gasteiger partial charge on any atom is -0.482 e. The molecule has 0 spiro atoms. The molecular formula is C16H12Cl3N3O3S. The van der Waals surface area contributed by atoms with Gasteiger partial charge in [0.2, 0.25) is 0 Å². The number of hydrogen-bond donors (Lipinski definition) is 3. The molecule has 0 bridgehead atoms. The van der Waals surface area contributed by atoms with Crippen molar-refractivity contribution in [2.75, 3.05) is 6.61 Å². The molecule has 2 aromatic rings. The van der Waals surface area contributed by atoms with Crippen LogP contribution in [0, 0.1) is 0 Å². The molecule has 0 aliphatic rings. The van der Waals surface area contributed by atoms with Crippen molar-refractivity contribution in [3.8, 4) is 5.75 Å². The van der Waals surface area contributed by atoms with Crippen LogP contribution in [0.15, 0.2) is 42.5 Å². The minimum absolute atomic E-state index is 0.0943. The zero-order chi connectivity index (χ0) is 19.1. The molecule has 136 valence electrons. The average Bonchev–Trinajstić information content (AvgIpc) is 2.59. The van der Waals surface area contributed by atoms with Crippen LogP contribution in [0.4, 0.5) is 0 Å². The summed E-state index contributed by atoms with van der Waals surface area (Å²) in [6.07, 6.45) is 0. The maximum absolute atomic E-state index is 11.9. The Morgan fingerprint density at radius 1 is 0.962 bits per heavy atom. The van der Waals surface area contributed by atoms with Crippen LogP contribution in [-0.4, -0.2) is 23.5 Å². The highest BCUT2D eigenvalue weighted by atomic mass is 35.5. The van der Waals surface area contributed by atoms with E-state index in [2.05, 4.69) is 16.2 Å². The first-order valence-electron chi connectivity index (χ1n) is 7.09. The van der Waals surface area contributed by atoms with E-state index in [9.17, 15) is 9.59 Å². The first kappa shape index (κ1) is 20.3. The molecule has 0 radical (unpaired) electrons. The monoisotopic (exact) mass is 431 g/mol. The first-order chi connectivity index (χ1) is 12.3. The molecule has 0 saturated heterocycles. The molecule has 0 saturated carbocycles. The highest BCUT2D eigenvalue weighted by molar-refractivity contribution is 7.80. The Morgan fingerprint density at radius 2 is 1.62 bits per heavy atom. The summed E-state index contributed by atoms with van der Waals surface area (Å²) in [6.45, 7) is -0.325. The molecular weight excluding hydrogens is 421 g/mol. The second-order valence-electron chi connectivity index (χ2n) is 4.83. The highest BCUT2D eigenvalue weighted by Gasteiger charge is 2.10. The third-order valence-electron chi connectivity index (χ3n) is 2.90. The number of amides is 2. The largest absolute Gasteiger partial charge is 0.482 e. The number of thiocarbonyl (C=S) groups is 1. The molecule has 0 aliphatic heterocycles. The fourth-order valence-corrected chi connectivity index (χ4v) is 2.47. The van der Waals surface area contributed by atoms with Crippen LogP contribution in [0.5, 0.6) is 5.75 Å². The molecule has 0 atom stereocenters. The van der Waals surface area contributed by atoms with Crippen LogP contribution >= 0.6 is 47.0 Å². The molecule has 0 aromatic heterocycles. The second kappa shape index (κ2) is 9.59. The van der Waals surface area contributed by atoms with Crippen LogP contribution in [0.2, 0.25) is 15.1 Å². The van der Waals surface area contributed by atoms with E-state index in [4.69, 9.17) is 51.8 Å². The van der Waals surface area contributed by atoms with E-state index in [0.29, 0.717) is 21.4 Å². The maximum Gasteiger partial charge on any atom is 0.269 e. The standard InChI is InChI=1S/C16H12Cl3N3O3S/c17-10-3-1-9(2-4-10)15(24)21-22-16(26)20-14(23)8-25-13-6-5-11(18)7-12(13)19/h1-7H,8H2,(H,21,24)(H2,20,22,23,26). The third-order valence-corrected chi connectivity index (χ3v) is 3.89. The molecule has 3 N–H and O–H groups in total. The number of halogens is 3. The van der Waals surface area contributed by atoms with Crippen LogP contribution in [-0.2, 0) is 4.79 Å². The van der Waals surface area contributed by atoms with Gasteiger partial charge in [0.15, 0.2) is 11.7 Å². The number of benzene rings is 2. The van der Waals surface area contributed by atoms with Crippen molar-refractivity contribution in [1.82, 2.24) is 16.2 Å². The Labute approximate surface area is 169 Å². The van der Waals surface area contributed by atoms with Gasteiger partial charge < -0.3 is 4.74 Å². The Balaban J connectivity index is 1.75. The normalized spacial score (nSPS) is 9.96. The van der Waals surface area contributed by atoms with Crippen LogP contribution in [0.25, 0.3) is 0 Å². The second-order valence-corrected chi connectivity index (χ2v) is 6.52. The number of carbonyl (C=O) groups excluding carboxylic acids is 2. The van der Waals surface area contributed by atoms with Crippen LogP contribution in [0.1, 0.15) is 10.4 Å². The maximum atomic E-state index is 11.9. The number of nitrogens with one attached hydrogen (secondary N) is 3. The van der Waals surface area contributed by atoms with Gasteiger partial charge in [-0.15, -0.1) is 0 Å². The van der Waals surface area contributed by atoms with E-state index in [1.54, 1.807) is 36.4 Å². The molecule has 2 amide bonds. The summed E-state index contributed by atoms with van der Waals surface area (Å²) in [5.41, 5.74) is 5.13. The minimum atomic E-state index is -0.533. The Hall–Kier alpha value is -2.06. The summed E-state index contributed by atoms with van der Waals surface area (Å²) in [7, 11) is 0. The third kappa shape index (κ3) is 6.34. The summed E-state index contributed by atoms with van der Waals surface area (Å²) in [6, 6.07) is 10.9. The van der Waals surface area contributed by atoms with Crippen LogP contribution < -0.4 is 20.9 Å². The summed E-state index contributed by atoms with van der Waals surface area (Å²) in [5.74, 6) is -0.669. The quantitative estimate of drug-likeness (QED) is 0.510. The summed E-state index contributed by atoms with van der Waals surface area (Å²) in [4.78, 5) is 23.7. The van der Waals surface area contributed by atoms with Gasteiger partial charge in [-0.3, -0.25) is 25.8 Å². The lowest BCUT2D eigenvalue weighted by atomic mass is 10.2. The van der Waals surface area contributed by atoms with Gasteiger partial charge in [0.25, 0.3) is 11.8 Å². The van der Waals surface area contributed by atoms with Gasteiger partial charge in [0.1, 0.15) is 5.75 Å². The van der Waals surface area contributed by atoms with Crippen molar-refractivity contribution in [3.05, 3.63) is 63.1 Å². The topological polar surface area (TPSA) is 79.5 Å². The Bertz CT molecular complexity index is 831. The zero-order valence-corrected chi connectivity index (χ0v) is 16.1. The lowest BCUT2D eigenvalue weighted by molar-refractivity contribution is -0.121. The number of carbonyl (C=O) groups is 2. The van der Waals surface area contributed by atoms with Gasteiger partial charge in [-0.25, -0.2) is 0 Å². The van der Waals surface area contributed by atoms with Crippen molar-refractivity contribution >= 4 is 63.9 Å². The number of hydrogen-bond acceptors (Lipinski definition) is 4. The highest BCUT2D eigenvalue weighted by Crippen LogP contribution is 2.27. The van der Waals surface area contributed by atoms with Crippen molar-refractivity contribution in [2.45, 2.75) is 0 Å². The number of rotatable bonds is 4. The van der Waals surface area contributed by atoms with Gasteiger partial charge >= 0.3 is 0 Å². The van der Waals surface area contributed by atoms with Gasteiger partial charge in [-0.05, 0) is 54.7 Å². The van der Waals surface area contributed by atoms with Crippen molar-refractivity contribution in [2.24, 2.45) is 0 Å². The Kier molecular flexibility index (Phi) is 7.47. The van der Waals surface area contributed by atoms with Crippen LogP contribution in [0.3, 0.4) is 0 Å². The van der Waals surface area contributed by atoms with E-state index in [-0.39, 0.29) is 16.7 Å². The molecule has 0 heterocycles. The molecule has 0 unspecified atom stereocenters. The molecule has 26 heavy (non-hydrogen) atoms. The van der Waals surface area contributed by atoms with Gasteiger partial charge in [-0.1, -0.05) is 34.8 Å². The van der Waals surface area contributed by atoms with Crippen molar-refractivity contribution < 1.29 is 14.3 Å². The smallest absolute Gasteiger partial charge is 0.269 e. The molecule has 2 aromatic carbocycles. The van der Waals surface area contributed by atoms with Crippen molar-refractivity contribution in [3.63, 3.8) is 0 Å². The van der Waals surface area contributed by atoms with E-state index in [1.807, 2.05) is 0 Å². The predicted octanol–water partition coefficient (Wildman–Crippen LogP) is 3.36. The fourth-order valence-electron chi connectivity index (χ4n) is 1.72. The van der Waals surface area contributed by atoms with Gasteiger partial charge in [0.05, 0.1) is 5.02 Å². The lowest BCUT2D eigenvalue weighted by Gasteiger charge is -2.12. The summed E-state index contributed by atoms with van der Waals surface area (Å²) in [5, 5.41) is 3.50. The number of ether oxygens (including phenoxy) is 1. The Morgan fingerprint density at radius 3 is 2.27 bits per heavy atom. The fraction of sp³-hybridized carbons (Fsp3) is 0.0625. The van der Waals surface area contributed by atoms with Gasteiger partial charge in [-0.2, -0.15) is 0 Å². The zero-order valence-electron chi connectivity index (χ0n) is 13.0. The molecule has 2 rings (SSSR count). The van der Waals surface area contributed by atoms with E-state index in [1.165, 1.54) is 6.07 Å². The SMILES string of the molecule is O=C(COc1ccc(Cl)cc1Cl)NC(=S)NNC(=O)c1ccc(Cl)cc1. The van der Waals surface area contributed by atoms with Gasteiger partial charge in [0, 0.05) is 15.6 Å². The first-order valence-corrected chi connectivity index (χ1v) is 8.63. The predicted molar refractivity (Wildman–Crippen MR) is 105 cm³/mol. The summed E-state index contributed by atoms with van der Waals surface area (Å²) >= 11 is 22.4. The summed E-state index contributed by atoms with van der Waals surface area (Å²) < 4.78 is 5.27. The van der Waals surface area contributed by atoms with E-state index >= 15 is 0 Å². The lowest BCUT2D eigenvalue weighted by Crippen LogP contribution is -2.49. The average molecular weight is 433 g/mol.